The molecule has 1 saturated heterocycles. The average molecular weight is 371 g/mol. The molecule has 27 heavy (non-hydrogen) atoms. The van der Waals surface area contributed by atoms with Gasteiger partial charge in [-0.05, 0) is 50.9 Å². The Morgan fingerprint density at radius 2 is 2.22 bits per heavy atom. The number of piperidine rings is 1. The summed E-state index contributed by atoms with van der Waals surface area (Å²) in [4.78, 5) is 25.1. The highest BCUT2D eigenvalue weighted by Gasteiger charge is 2.36. The van der Waals surface area contributed by atoms with Gasteiger partial charge < -0.3 is 20.6 Å². The van der Waals surface area contributed by atoms with E-state index in [-0.39, 0.29) is 5.91 Å². The van der Waals surface area contributed by atoms with Crippen LogP contribution in [0, 0.1) is 6.92 Å². The molecule has 146 valence electrons. The van der Waals surface area contributed by atoms with Crippen molar-refractivity contribution >= 4 is 22.6 Å². The van der Waals surface area contributed by atoms with E-state index in [1.807, 2.05) is 25.1 Å². The highest BCUT2D eigenvalue weighted by molar-refractivity contribution is 5.88. The van der Waals surface area contributed by atoms with E-state index >= 15 is 0 Å². The van der Waals surface area contributed by atoms with Crippen LogP contribution in [-0.2, 0) is 4.79 Å². The Balaban J connectivity index is 1.78. The first-order valence-corrected chi connectivity index (χ1v) is 9.56. The molecule has 7 heteroatoms. The quantitative estimate of drug-likeness (QED) is 0.798. The summed E-state index contributed by atoms with van der Waals surface area (Å²) in [5.41, 5.74) is 8.18. The number of pyridine rings is 2. The van der Waals surface area contributed by atoms with Crippen molar-refractivity contribution in [2.75, 3.05) is 38.1 Å². The standard InChI is InChI=1S/C20H29N5O2/c1-15-6-7-16-19(23-15)17(8-11-22-16)25-12-4-9-20(27,14-25)13-24(2)18(26)5-3-10-21/h6-8,11,27H,3-5,9-10,12-14,21H2,1-2H3/t20-/m0/s1. The number of amides is 1. The van der Waals surface area contributed by atoms with Crippen LogP contribution in [0.5, 0.6) is 0 Å². The van der Waals surface area contributed by atoms with Crippen LogP contribution >= 0.6 is 0 Å². The third kappa shape index (κ3) is 4.54. The predicted molar refractivity (Wildman–Crippen MR) is 107 cm³/mol. The number of rotatable bonds is 6. The van der Waals surface area contributed by atoms with E-state index in [0.29, 0.717) is 38.9 Å². The molecule has 1 aliphatic heterocycles. The zero-order valence-corrected chi connectivity index (χ0v) is 16.2. The van der Waals surface area contributed by atoms with Crippen molar-refractivity contribution < 1.29 is 9.90 Å². The Morgan fingerprint density at radius 1 is 1.41 bits per heavy atom. The Morgan fingerprint density at radius 3 is 3.00 bits per heavy atom. The van der Waals surface area contributed by atoms with Crippen molar-refractivity contribution in [2.45, 2.75) is 38.2 Å². The number of likely N-dealkylation sites (N-methyl/N-ethyl adjacent to an activating group) is 1. The third-order valence-electron chi connectivity index (χ3n) is 5.15. The Hall–Kier alpha value is -2.25. The number of nitrogens with two attached hydrogens (primary N) is 1. The van der Waals surface area contributed by atoms with Gasteiger partial charge in [0, 0.05) is 38.4 Å². The van der Waals surface area contributed by atoms with Gasteiger partial charge >= 0.3 is 0 Å². The number of aromatic nitrogens is 2. The van der Waals surface area contributed by atoms with E-state index in [9.17, 15) is 9.90 Å². The predicted octanol–water partition coefficient (Wildman–Crippen LogP) is 1.47. The van der Waals surface area contributed by atoms with E-state index in [0.717, 1.165) is 35.4 Å². The number of carbonyl (C=O) groups excluding carboxylic acids is 1. The van der Waals surface area contributed by atoms with Gasteiger partial charge in [0.15, 0.2) is 0 Å². The zero-order chi connectivity index (χ0) is 19.4. The molecular formula is C20H29N5O2. The van der Waals surface area contributed by atoms with Gasteiger partial charge in [-0.25, -0.2) is 4.98 Å². The van der Waals surface area contributed by atoms with Gasteiger partial charge in [0.25, 0.3) is 0 Å². The minimum atomic E-state index is -0.940. The first-order chi connectivity index (χ1) is 12.9. The number of aliphatic hydroxyl groups is 1. The third-order valence-corrected chi connectivity index (χ3v) is 5.15. The average Bonchev–Trinajstić information content (AvgIpc) is 2.65. The van der Waals surface area contributed by atoms with Crippen molar-refractivity contribution in [1.82, 2.24) is 14.9 Å². The van der Waals surface area contributed by atoms with Gasteiger partial charge in [-0.3, -0.25) is 9.78 Å². The second kappa shape index (κ2) is 8.19. The van der Waals surface area contributed by atoms with Gasteiger partial charge in [0.1, 0.15) is 5.52 Å². The number of fused-ring (bicyclic) bond motifs is 1. The van der Waals surface area contributed by atoms with Crippen molar-refractivity contribution in [3.63, 3.8) is 0 Å². The molecule has 3 rings (SSSR count). The molecule has 1 amide bonds. The number of hydrogen-bond donors (Lipinski definition) is 2. The molecule has 0 bridgehead atoms. The summed E-state index contributed by atoms with van der Waals surface area (Å²) in [6.45, 7) is 4.10. The summed E-state index contributed by atoms with van der Waals surface area (Å²) in [5, 5.41) is 11.2. The molecule has 0 radical (unpaired) electrons. The van der Waals surface area contributed by atoms with Crippen LogP contribution in [0.1, 0.15) is 31.4 Å². The number of aryl methyl sites for hydroxylation is 1. The lowest BCUT2D eigenvalue weighted by Gasteiger charge is -2.42. The highest BCUT2D eigenvalue weighted by Crippen LogP contribution is 2.30. The monoisotopic (exact) mass is 371 g/mol. The fourth-order valence-electron chi connectivity index (χ4n) is 3.79. The molecule has 2 aromatic heterocycles. The Labute approximate surface area is 160 Å². The molecule has 1 fully saturated rings. The SMILES string of the molecule is Cc1ccc2nccc(N3CCC[C@](O)(CN(C)C(=O)CCCN)C3)c2n1. The van der Waals surface area contributed by atoms with Gasteiger partial charge in [-0.1, -0.05) is 0 Å². The van der Waals surface area contributed by atoms with Crippen LogP contribution in [0.15, 0.2) is 24.4 Å². The highest BCUT2D eigenvalue weighted by atomic mass is 16.3. The summed E-state index contributed by atoms with van der Waals surface area (Å²) in [7, 11) is 1.75. The normalized spacial score (nSPS) is 20.1. The molecule has 0 unspecified atom stereocenters. The lowest BCUT2D eigenvalue weighted by atomic mass is 9.91. The van der Waals surface area contributed by atoms with Crippen molar-refractivity contribution in [2.24, 2.45) is 5.73 Å². The molecule has 1 atom stereocenters. The first kappa shape index (κ1) is 19.5. The van der Waals surface area contributed by atoms with Crippen LogP contribution in [-0.4, -0.2) is 64.7 Å². The van der Waals surface area contributed by atoms with E-state index in [1.54, 1.807) is 18.1 Å². The number of hydrogen-bond acceptors (Lipinski definition) is 6. The molecular weight excluding hydrogens is 342 g/mol. The summed E-state index contributed by atoms with van der Waals surface area (Å²) in [6, 6.07) is 5.88. The summed E-state index contributed by atoms with van der Waals surface area (Å²) < 4.78 is 0. The lowest BCUT2D eigenvalue weighted by molar-refractivity contribution is -0.133. The minimum absolute atomic E-state index is 0.0256. The lowest BCUT2D eigenvalue weighted by Crippen LogP contribution is -2.54. The summed E-state index contributed by atoms with van der Waals surface area (Å²) in [6.07, 6.45) is 4.40. The number of carbonyl (C=O) groups is 1. The van der Waals surface area contributed by atoms with E-state index in [2.05, 4.69) is 14.9 Å². The second-order valence-corrected chi connectivity index (χ2v) is 7.54. The zero-order valence-electron chi connectivity index (χ0n) is 16.2. The second-order valence-electron chi connectivity index (χ2n) is 7.54. The topological polar surface area (TPSA) is 95.6 Å². The smallest absolute Gasteiger partial charge is 0.222 e. The maximum absolute atomic E-state index is 12.2. The minimum Gasteiger partial charge on any atom is -0.386 e. The number of β-amino-alcohol motifs (C(OH)–C–C–N with tert-alkyl or cyclic N) is 1. The Kier molecular flexibility index (Phi) is 5.92. The molecule has 0 aromatic carbocycles. The molecule has 0 saturated carbocycles. The molecule has 7 nitrogen and oxygen atoms in total. The number of nitrogens with zero attached hydrogens (tertiary/aromatic N) is 4. The van der Waals surface area contributed by atoms with E-state index < -0.39 is 5.60 Å². The molecule has 3 N–H and O–H groups in total. The number of anilines is 1. The maximum atomic E-state index is 12.2. The summed E-state index contributed by atoms with van der Waals surface area (Å²) in [5.74, 6) is 0.0256. The Bertz CT molecular complexity index is 812. The summed E-state index contributed by atoms with van der Waals surface area (Å²) >= 11 is 0. The van der Waals surface area contributed by atoms with Gasteiger partial charge in [-0.2, -0.15) is 0 Å². The largest absolute Gasteiger partial charge is 0.386 e. The first-order valence-electron chi connectivity index (χ1n) is 9.56. The van der Waals surface area contributed by atoms with Crippen LogP contribution in [0.4, 0.5) is 5.69 Å². The van der Waals surface area contributed by atoms with Crippen molar-refractivity contribution in [3.05, 3.63) is 30.1 Å². The molecule has 1 aliphatic rings. The fourth-order valence-corrected chi connectivity index (χ4v) is 3.79. The van der Waals surface area contributed by atoms with Crippen LogP contribution < -0.4 is 10.6 Å². The van der Waals surface area contributed by atoms with Gasteiger partial charge in [0.05, 0.1) is 23.3 Å². The van der Waals surface area contributed by atoms with Crippen molar-refractivity contribution in [3.8, 4) is 0 Å². The van der Waals surface area contributed by atoms with Crippen LogP contribution in [0.25, 0.3) is 11.0 Å². The molecule has 0 spiro atoms. The van der Waals surface area contributed by atoms with Crippen LogP contribution in [0.3, 0.4) is 0 Å². The van der Waals surface area contributed by atoms with Gasteiger partial charge in [-0.15, -0.1) is 0 Å². The van der Waals surface area contributed by atoms with Gasteiger partial charge in [0.2, 0.25) is 5.91 Å². The molecule has 2 aromatic rings. The fraction of sp³-hybridized carbons (Fsp3) is 0.550. The molecule has 0 aliphatic carbocycles. The van der Waals surface area contributed by atoms with Crippen molar-refractivity contribution in [1.29, 1.82) is 0 Å². The van der Waals surface area contributed by atoms with Crippen LogP contribution in [0.2, 0.25) is 0 Å². The van der Waals surface area contributed by atoms with E-state index in [1.165, 1.54) is 0 Å². The van der Waals surface area contributed by atoms with E-state index in [4.69, 9.17) is 5.73 Å². The maximum Gasteiger partial charge on any atom is 0.222 e. The molecule has 3 heterocycles.